The van der Waals surface area contributed by atoms with Gasteiger partial charge in [0.2, 0.25) is 0 Å². The van der Waals surface area contributed by atoms with E-state index in [1.807, 2.05) is 31.2 Å². The van der Waals surface area contributed by atoms with Crippen molar-refractivity contribution in [3.8, 4) is 12.3 Å². The predicted octanol–water partition coefficient (Wildman–Crippen LogP) is 4.98. The molecule has 0 saturated heterocycles. The van der Waals surface area contributed by atoms with Gasteiger partial charge in [-0.15, -0.1) is 6.42 Å². The molecule has 0 atom stereocenters. The van der Waals surface area contributed by atoms with Crippen LogP contribution in [-0.2, 0) is 6.42 Å². The number of rotatable bonds is 2. The average Bonchev–Trinajstić information content (AvgIpc) is 2.30. The standard InChI is InChI=1S/C16H12BrCl/c1-3-13-5-4-6-14(16(13)17)9-12-7-11(2)8-15(18)10-12/h1,4-8,10H,9H2,2H3. The van der Waals surface area contributed by atoms with Gasteiger partial charge in [-0.3, -0.25) is 0 Å². The van der Waals surface area contributed by atoms with Crippen LogP contribution in [0.2, 0.25) is 5.02 Å². The SMILES string of the molecule is C#Cc1cccc(Cc2cc(C)cc(Cl)c2)c1Br. The van der Waals surface area contributed by atoms with Crippen LogP contribution in [0.4, 0.5) is 0 Å². The Morgan fingerprint density at radius 2 is 2.06 bits per heavy atom. The predicted molar refractivity (Wildman–Crippen MR) is 81.1 cm³/mol. The molecule has 18 heavy (non-hydrogen) atoms. The topological polar surface area (TPSA) is 0 Å². The molecule has 2 aromatic rings. The van der Waals surface area contributed by atoms with Gasteiger partial charge in [-0.25, -0.2) is 0 Å². The van der Waals surface area contributed by atoms with Gasteiger partial charge in [-0.1, -0.05) is 35.7 Å². The molecular formula is C16H12BrCl. The fourth-order valence-corrected chi connectivity index (χ4v) is 2.79. The third kappa shape index (κ3) is 2.96. The lowest BCUT2D eigenvalue weighted by atomic mass is 10.0. The van der Waals surface area contributed by atoms with Crippen LogP contribution in [0.5, 0.6) is 0 Å². The Balaban J connectivity index is 2.37. The summed E-state index contributed by atoms with van der Waals surface area (Å²) in [5.41, 5.74) is 4.41. The smallest absolute Gasteiger partial charge is 0.0411 e. The Hall–Kier alpha value is -1.23. The lowest BCUT2D eigenvalue weighted by Crippen LogP contribution is -1.92. The molecule has 0 bridgehead atoms. The zero-order valence-electron chi connectivity index (χ0n) is 10.0. The Morgan fingerprint density at radius 3 is 2.72 bits per heavy atom. The third-order valence-corrected chi connectivity index (χ3v) is 3.89. The molecule has 0 saturated carbocycles. The van der Waals surface area contributed by atoms with Crippen LogP contribution in [0.25, 0.3) is 0 Å². The van der Waals surface area contributed by atoms with Gasteiger partial charge in [0.1, 0.15) is 0 Å². The molecule has 0 fully saturated rings. The molecule has 0 heterocycles. The zero-order valence-corrected chi connectivity index (χ0v) is 12.3. The number of hydrogen-bond acceptors (Lipinski definition) is 0. The molecule has 0 aliphatic carbocycles. The first-order valence-corrected chi connectivity index (χ1v) is 6.77. The number of benzene rings is 2. The van der Waals surface area contributed by atoms with Crippen molar-refractivity contribution < 1.29 is 0 Å². The summed E-state index contributed by atoms with van der Waals surface area (Å²) in [6, 6.07) is 12.1. The number of terminal acetylenes is 1. The largest absolute Gasteiger partial charge is 0.115 e. The highest BCUT2D eigenvalue weighted by molar-refractivity contribution is 9.10. The van der Waals surface area contributed by atoms with E-state index in [2.05, 4.69) is 34.0 Å². The summed E-state index contributed by atoms with van der Waals surface area (Å²) in [5.74, 6) is 2.67. The quantitative estimate of drug-likeness (QED) is 0.685. The van der Waals surface area contributed by atoms with Gasteiger partial charge < -0.3 is 0 Å². The molecule has 0 amide bonds. The normalized spacial score (nSPS) is 10.1. The van der Waals surface area contributed by atoms with E-state index in [4.69, 9.17) is 18.0 Å². The molecule has 2 heteroatoms. The van der Waals surface area contributed by atoms with Crippen LogP contribution in [0.15, 0.2) is 40.9 Å². The fraction of sp³-hybridized carbons (Fsp3) is 0.125. The minimum Gasteiger partial charge on any atom is -0.115 e. The van der Waals surface area contributed by atoms with E-state index < -0.39 is 0 Å². The van der Waals surface area contributed by atoms with Crippen molar-refractivity contribution >= 4 is 27.5 Å². The summed E-state index contributed by atoms with van der Waals surface area (Å²) in [7, 11) is 0. The molecule has 0 unspecified atom stereocenters. The van der Waals surface area contributed by atoms with Crippen molar-refractivity contribution in [2.75, 3.05) is 0 Å². The molecule has 2 rings (SSSR count). The lowest BCUT2D eigenvalue weighted by Gasteiger charge is -2.08. The van der Waals surface area contributed by atoms with Gasteiger partial charge >= 0.3 is 0 Å². The van der Waals surface area contributed by atoms with Crippen LogP contribution in [0.3, 0.4) is 0 Å². The molecule has 0 aromatic heterocycles. The van der Waals surface area contributed by atoms with Crippen molar-refractivity contribution in [2.24, 2.45) is 0 Å². The summed E-state index contributed by atoms with van der Waals surface area (Å²) in [4.78, 5) is 0. The number of aryl methyl sites for hydroxylation is 1. The fourth-order valence-electron chi connectivity index (χ4n) is 1.96. The molecule has 2 aromatic carbocycles. The van der Waals surface area contributed by atoms with Crippen molar-refractivity contribution in [1.29, 1.82) is 0 Å². The maximum absolute atomic E-state index is 6.07. The van der Waals surface area contributed by atoms with Gasteiger partial charge in [0.25, 0.3) is 0 Å². The summed E-state index contributed by atoms with van der Waals surface area (Å²) < 4.78 is 0.991. The van der Waals surface area contributed by atoms with Crippen LogP contribution in [0.1, 0.15) is 22.3 Å². The van der Waals surface area contributed by atoms with E-state index in [1.54, 1.807) is 0 Å². The highest BCUT2D eigenvalue weighted by atomic mass is 79.9. The molecule has 0 spiro atoms. The first kappa shape index (κ1) is 13.2. The van der Waals surface area contributed by atoms with Crippen LogP contribution >= 0.6 is 27.5 Å². The Labute approximate surface area is 121 Å². The molecule has 90 valence electrons. The van der Waals surface area contributed by atoms with Crippen molar-refractivity contribution in [3.05, 3.63) is 68.1 Å². The highest BCUT2D eigenvalue weighted by Crippen LogP contribution is 2.25. The van der Waals surface area contributed by atoms with Crippen molar-refractivity contribution in [3.63, 3.8) is 0 Å². The Bertz CT molecular complexity index is 603. The van der Waals surface area contributed by atoms with E-state index in [1.165, 1.54) is 16.7 Å². The summed E-state index contributed by atoms with van der Waals surface area (Å²) in [6.45, 7) is 2.04. The van der Waals surface area contributed by atoms with Crippen molar-refractivity contribution in [2.45, 2.75) is 13.3 Å². The van der Waals surface area contributed by atoms with E-state index in [0.29, 0.717) is 0 Å². The molecule has 0 nitrogen and oxygen atoms in total. The minimum atomic E-state index is 0.772. The van der Waals surface area contributed by atoms with E-state index in [-0.39, 0.29) is 0 Å². The number of halogens is 2. The maximum atomic E-state index is 6.07. The van der Waals surface area contributed by atoms with Gasteiger partial charge in [0, 0.05) is 15.1 Å². The van der Waals surface area contributed by atoms with Crippen LogP contribution in [0, 0.1) is 19.3 Å². The van der Waals surface area contributed by atoms with E-state index in [9.17, 15) is 0 Å². The second-order valence-corrected chi connectivity index (χ2v) is 5.47. The molecule has 0 aliphatic heterocycles. The average molecular weight is 320 g/mol. The molecular weight excluding hydrogens is 308 g/mol. The second-order valence-electron chi connectivity index (χ2n) is 4.24. The zero-order chi connectivity index (χ0) is 13.1. The molecule has 0 radical (unpaired) electrons. The van der Waals surface area contributed by atoms with Gasteiger partial charge in [-0.05, 0) is 64.2 Å². The monoisotopic (exact) mass is 318 g/mol. The van der Waals surface area contributed by atoms with E-state index in [0.717, 1.165) is 21.5 Å². The maximum Gasteiger partial charge on any atom is 0.0411 e. The molecule has 0 aliphatic rings. The third-order valence-electron chi connectivity index (χ3n) is 2.73. The van der Waals surface area contributed by atoms with Gasteiger partial charge in [-0.2, -0.15) is 0 Å². The summed E-state index contributed by atoms with van der Waals surface area (Å²) in [5, 5.41) is 0.772. The first-order valence-electron chi connectivity index (χ1n) is 5.60. The van der Waals surface area contributed by atoms with Crippen LogP contribution < -0.4 is 0 Å². The minimum absolute atomic E-state index is 0.772. The van der Waals surface area contributed by atoms with Gasteiger partial charge in [0.05, 0.1) is 0 Å². The number of hydrogen-bond donors (Lipinski definition) is 0. The summed E-state index contributed by atoms with van der Waals surface area (Å²) in [6.07, 6.45) is 6.28. The molecule has 0 N–H and O–H groups in total. The van der Waals surface area contributed by atoms with Crippen molar-refractivity contribution in [1.82, 2.24) is 0 Å². The van der Waals surface area contributed by atoms with Gasteiger partial charge in [0.15, 0.2) is 0 Å². The Kier molecular flexibility index (Phi) is 4.11. The Morgan fingerprint density at radius 1 is 1.28 bits per heavy atom. The summed E-state index contributed by atoms with van der Waals surface area (Å²) >= 11 is 9.63. The lowest BCUT2D eigenvalue weighted by molar-refractivity contribution is 1.17. The second kappa shape index (κ2) is 5.61. The highest BCUT2D eigenvalue weighted by Gasteiger charge is 2.05. The first-order chi connectivity index (χ1) is 8.60. The van der Waals surface area contributed by atoms with E-state index >= 15 is 0 Å². The van der Waals surface area contributed by atoms with Crippen LogP contribution in [-0.4, -0.2) is 0 Å².